The van der Waals surface area contributed by atoms with Gasteiger partial charge in [-0.15, -0.1) is 0 Å². The molecule has 3 nitrogen and oxygen atoms in total. The monoisotopic (exact) mass is 335 g/mol. The molecule has 0 unspecified atom stereocenters. The number of halogens is 2. The van der Waals surface area contributed by atoms with E-state index in [1.165, 1.54) is 6.42 Å². The second kappa shape index (κ2) is 6.22. The first-order valence-corrected chi connectivity index (χ1v) is 9.04. The predicted molar refractivity (Wildman–Crippen MR) is 83.1 cm³/mol. The Morgan fingerprint density at radius 1 is 1.15 bits per heavy atom. The molecule has 0 bridgehead atoms. The van der Waals surface area contributed by atoms with Crippen LogP contribution >= 0.6 is 23.2 Å². The van der Waals surface area contributed by atoms with Crippen molar-refractivity contribution < 1.29 is 8.42 Å². The zero-order valence-electron chi connectivity index (χ0n) is 11.7. The number of nitrogens with one attached hydrogen (secondary N) is 1. The highest BCUT2D eigenvalue weighted by Gasteiger charge is 2.27. The van der Waals surface area contributed by atoms with Crippen molar-refractivity contribution in [3.8, 4) is 0 Å². The zero-order chi connectivity index (χ0) is 14.9. The Hall–Kier alpha value is -0.290. The van der Waals surface area contributed by atoms with Gasteiger partial charge in [-0.3, -0.25) is 0 Å². The molecule has 112 valence electrons. The maximum Gasteiger partial charge on any atom is 0.242 e. The third-order valence-corrected chi connectivity index (χ3v) is 6.47. The molecular weight excluding hydrogens is 317 g/mol. The van der Waals surface area contributed by atoms with Gasteiger partial charge in [0.1, 0.15) is 4.90 Å². The molecule has 0 aliphatic heterocycles. The van der Waals surface area contributed by atoms with Gasteiger partial charge in [0.05, 0.1) is 5.02 Å². The lowest BCUT2D eigenvalue weighted by atomic mass is 9.96. The standard InChI is InChI=1S/C14H19Cl2NO2S/c1-9-8-12(15)10(2)14(13(9)16)20(18,19)17-11-6-4-3-5-7-11/h8,11,17H,3-7H2,1-2H3. The van der Waals surface area contributed by atoms with Crippen LogP contribution in [0.15, 0.2) is 11.0 Å². The van der Waals surface area contributed by atoms with Gasteiger partial charge in [0.25, 0.3) is 0 Å². The normalized spacial score (nSPS) is 17.4. The summed E-state index contributed by atoms with van der Waals surface area (Å²) in [6, 6.07) is 1.70. The molecule has 0 heterocycles. The molecule has 1 fully saturated rings. The first-order chi connectivity index (χ1) is 9.33. The van der Waals surface area contributed by atoms with Crippen molar-refractivity contribution in [3.63, 3.8) is 0 Å². The third-order valence-electron chi connectivity index (χ3n) is 3.78. The molecule has 6 heteroatoms. The molecule has 20 heavy (non-hydrogen) atoms. The van der Waals surface area contributed by atoms with Crippen molar-refractivity contribution in [2.75, 3.05) is 0 Å². The first-order valence-electron chi connectivity index (χ1n) is 6.80. The lowest BCUT2D eigenvalue weighted by molar-refractivity contribution is 0.412. The number of sulfonamides is 1. The van der Waals surface area contributed by atoms with E-state index in [1.54, 1.807) is 19.9 Å². The van der Waals surface area contributed by atoms with Crippen LogP contribution < -0.4 is 4.72 Å². The molecule has 1 aliphatic rings. The van der Waals surface area contributed by atoms with E-state index in [2.05, 4.69) is 4.72 Å². The Bertz CT molecular complexity index is 582. The van der Waals surface area contributed by atoms with Gasteiger partial charge in [-0.2, -0.15) is 0 Å². The summed E-state index contributed by atoms with van der Waals surface area (Å²) >= 11 is 12.3. The van der Waals surface area contributed by atoms with Crippen LogP contribution in [0.4, 0.5) is 0 Å². The highest BCUT2D eigenvalue weighted by molar-refractivity contribution is 7.89. The molecule has 0 spiro atoms. The minimum absolute atomic E-state index is 0.00324. The zero-order valence-corrected chi connectivity index (χ0v) is 14.0. The molecule has 1 aliphatic carbocycles. The summed E-state index contributed by atoms with van der Waals surface area (Å²) in [6.07, 6.45) is 5.07. The van der Waals surface area contributed by atoms with Crippen molar-refractivity contribution in [2.45, 2.75) is 56.9 Å². The van der Waals surface area contributed by atoms with Gasteiger partial charge >= 0.3 is 0 Å². The fourth-order valence-corrected chi connectivity index (χ4v) is 5.15. The smallest absolute Gasteiger partial charge is 0.208 e. The van der Waals surface area contributed by atoms with E-state index >= 15 is 0 Å². The topological polar surface area (TPSA) is 46.2 Å². The number of benzene rings is 1. The van der Waals surface area contributed by atoms with E-state index in [1.807, 2.05) is 0 Å². The molecule has 0 saturated heterocycles. The predicted octanol–water partition coefficient (Wildman–Crippen LogP) is 4.22. The fourth-order valence-electron chi connectivity index (χ4n) is 2.63. The number of hydrogen-bond acceptors (Lipinski definition) is 2. The molecule has 1 aromatic rings. The molecule has 0 atom stereocenters. The van der Waals surface area contributed by atoms with Gasteiger partial charge in [-0.1, -0.05) is 42.5 Å². The van der Waals surface area contributed by atoms with Gasteiger partial charge in [0.2, 0.25) is 10.0 Å². The maximum absolute atomic E-state index is 12.6. The minimum Gasteiger partial charge on any atom is -0.208 e. The molecule has 1 aromatic carbocycles. The third kappa shape index (κ3) is 3.30. The van der Waals surface area contributed by atoms with Crippen LogP contribution in [-0.4, -0.2) is 14.5 Å². The van der Waals surface area contributed by atoms with Crippen molar-refractivity contribution in [1.82, 2.24) is 4.72 Å². The number of rotatable bonds is 3. The average molecular weight is 336 g/mol. The molecule has 0 amide bonds. The second-order valence-corrected chi connectivity index (χ2v) is 7.84. The van der Waals surface area contributed by atoms with Gasteiger partial charge in [0.15, 0.2) is 0 Å². The molecule has 1 saturated carbocycles. The summed E-state index contributed by atoms with van der Waals surface area (Å²) in [5.74, 6) is 0. The Morgan fingerprint density at radius 2 is 1.75 bits per heavy atom. The molecule has 1 N–H and O–H groups in total. The van der Waals surface area contributed by atoms with E-state index in [-0.39, 0.29) is 16.0 Å². The molecule has 2 rings (SSSR count). The quantitative estimate of drug-likeness (QED) is 0.898. The molecule has 0 radical (unpaired) electrons. The highest BCUT2D eigenvalue weighted by atomic mass is 35.5. The van der Waals surface area contributed by atoms with Crippen molar-refractivity contribution in [2.24, 2.45) is 0 Å². The van der Waals surface area contributed by atoms with Crippen molar-refractivity contribution >= 4 is 33.2 Å². The lowest BCUT2D eigenvalue weighted by Gasteiger charge is -2.23. The Morgan fingerprint density at radius 3 is 2.35 bits per heavy atom. The molecular formula is C14H19Cl2NO2S. The fraction of sp³-hybridized carbons (Fsp3) is 0.571. The van der Waals surface area contributed by atoms with E-state index in [4.69, 9.17) is 23.2 Å². The summed E-state index contributed by atoms with van der Waals surface area (Å²) in [4.78, 5) is 0.120. The van der Waals surface area contributed by atoms with E-state index in [0.29, 0.717) is 16.1 Å². The minimum atomic E-state index is -3.63. The number of hydrogen-bond donors (Lipinski definition) is 1. The first kappa shape index (κ1) is 16.1. The summed E-state index contributed by atoms with van der Waals surface area (Å²) < 4.78 is 28.0. The summed E-state index contributed by atoms with van der Waals surface area (Å²) in [7, 11) is -3.63. The van der Waals surface area contributed by atoms with Crippen molar-refractivity contribution in [1.29, 1.82) is 0 Å². The van der Waals surface area contributed by atoms with Gasteiger partial charge < -0.3 is 0 Å². The van der Waals surface area contributed by atoms with Crippen LogP contribution in [-0.2, 0) is 10.0 Å². The van der Waals surface area contributed by atoms with Crippen LogP contribution in [0.1, 0.15) is 43.2 Å². The summed E-state index contributed by atoms with van der Waals surface area (Å²) in [5.41, 5.74) is 1.18. The number of aryl methyl sites for hydroxylation is 1. The Balaban J connectivity index is 2.38. The van der Waals surface area contributed by atoms with E-state index in [9.17, 15) is 8.42 Å². The van der Waals surface area contributed by atoms with Gasteiger partial charge in [-0.25, -0.2) is 13.1 Å². The molecule has 0 aromatic heterocycles. The summed E-state index contributed by atoms with van der Waals surface area (Å²) in [5, 5.41) is 0.686. The van der Waals surface area contributed by atoms with Crippen LogP contribution in [0.3, 0.4) is 0 Å². The van der Waals surface area contributed by atoms with E-state index in [0.717, 1.165) is 25.7 Å². The van der Waals surface area contributed by atoms with Crippen molar-refractivity contribution in [3.05, 3.63) is 27.2 Å². The maximum atomic E-state index is 12.6. The SMILES string of the molecule is Cc1cc(Cl)c(C)c(S(=O)(=O)NC2CCCCC2)c1Cl. The largest absolute Gasteiger partial charge is 0.242 e. The highest BCUT2D eigenvalue weighted by Crippen LogP contribution is 2.33. The van der Waals surface area contributed by atoms with Crippen LogP contribution in [0.25, 0.3) is 0 Å². The summed E-state index contributed by atoms with van der Waals surface area (Å²) in [6.45, 7) is 3.44. The van der Waals surface area contributed by atoms with Gasteiger partial charge in [-0.05, 0) is 43.9 Å². The van der Waals surface area contributed by atoms with Crippen LogP contribution in [0, 0.1) is 13.8 Å². The van der Waals surface area contributed by atoms with Crippen LogP contribution in [0.5, 0.6) is 0 Å². The second-order valence-electron chi connectivity index (χ2n) is 5.40. The Kier molecular flexibility index (Phi) is 5.00. The van der Waals surface area contributed by atoms with Crippen LogP contribution in [0.2, 0.25) is 10.0 Å². The lowest BCUT2D eigenvalue weighted by Crippen LogP contribution is -2.36. The average Bonchev–Trinajstić information content (AvgIpc) is 2.37. The van der Waals surface area contributed by atoms with E-state index < -0.39 is 10.0 Å². The Labute approximate surface area is 130 Å². The van der Waals surface area contributed by atoms with Gasteiger partial charge in [0, 0.05) is 11.1 Å².